The van der Waals surface area contributed by atoms with Crippen molar-refractivity contribution in [2.45, 2.75) is 25.6 Å². The van der Waals surface area contributed by atoms with E-state index in [-0.39, 0.29) is 6.04 Å². The summed E-state index contributed by atoms with van der Waals surface area (Å²) in [6, 6.07) is 8.17. The number of aromatic nitrogens is 3. The topological polar surface area (TPSA) is 53.9 Å². The minimum Gasteiger partial charge on any atom is -0.354 e. The molecule has 25 heavy (non-hydrogen) atoms. The maximum Gasteiger partial charge on any atom is 0.147 e. The van der Waals surface area contributed by atoms with Gasteiger partial charge in [-0.05, 0) is 37.9 Å². The van der Waals surface area contributed by atoms with Crippen molar-refractivity contribution >= 4 is 27.9 Å². The Morgan fingerprint density at radius 1 is 1.24 bits per heavy atom. The van der Waals surface area contributed by atoms with E-state index in [0.717, 1.165) is 45.1 Å². The first kappa shape index (κ1) is 16.4. The van der Waals surface area contributed by atoms with E-state index in [1.807, 2.05) is 43.3 Å². The van der Waals surface area contributed by atoms with Gasteiger partial charge in [0.25, 0.3) is 0 Å². The molecule has 0 radical (unpaired) electrons. The van der Waals surface area contributed by atoms with E-state index in [9.17, 15) is 4.39 Å². The smallest absolute Gasteiger partial charge is 0.147 e. The predicted octanol–water partition coefficient (Wildman–Crippen LogP) is 3.20. The highest BCUT2D eigenvalue weighted by Gasteiger charge is 2.28. The monoisotopic (exact) mass is 357 g/mol. The van der Waals surface area contributed by atoms with Crippen molar-refractivity contribution in [3.8, 4) is 10.6 Å². The highest BCUT2D eigenvalue weighted by atomic mass is 32.1. The van der Waals surface area contributed by atoms with Crippen LogP contribution < -0.4 is 10.2 Å². The fourth-order valence-corrected chi connectivity index (χ4v) is 3.97. The molecule has 7 heteroatoms. The fourth-order valence-electron chi connectivity index (χ4n) is 3.29. The van der Waals surface area contributed by atoms with Gasteiger partial charge in [-0.25, -0.2) is 9.37 Å². The summed E-state index contributed by atoms with van der Waals surface area (Å²) in [5.41, 5.74) is 1.05. The highest BCUT2D eigenvalue weighted by Crippen LogP contribution is 2.29. The molecule has 0 bridgehead atoms. The Morgan fingerprint density at radius 2 is 2.12 bits per heavy atom. The van der Waals surface area contributed by atoms with Gasteiger partial charge in [0, 0.05) is 29.7 Å². The van der Waals surface area contributed by atoms with E-state index in [1.165, 1.54) is 0 Å². The molecule has 3 aromatic rings. The Labute approximate surface area is 149 Å². The summed E-state index contributed by atoms with van der Waals surface area (Å²) in [5.74, 6) is 0.829. The van der Waals surface area contributed by atoms with Crippen LogP contribution in [-0.2, 0) is 0 Å². The third-order valence-corrected chi connectivity index (χ3v) is 5.60. The van der Waals surface area contributed by atoms with Crippen molar-refractivity contribution in [1.29, 1.82) is 0 Å². The van der Waals surface area contributed by atoms with Gasteiger partial charge in [0.1, 0.15) is 22.0 Å². The number of benzene rings is 1. The van der Waals surface area contributed by atoms with Crippen LogP contribution in [0.25, 0.3) is 21.3 Å². The minimum atomic E-state index is -0.882. The Balaban J connectivity index is 1.65. The summed E-state index contributed by atoms with van der Waals surface area (Å²) in [6.45, 7) is 3.13. The average molecular weight is 357 g/mol. The van der Waals surface area contributed by atoms with Crippen molar-refractivity contribution in [3.63, 3.8) is 0 Å². The van der Waals surface area contributed by atoms with Crippen molar-refractivity contribution < 1.29 is 4.39 Å². The number of hydrogen-bond acceptors (Lipinski definition) is 6. The molecular weight excluding hydrogens is 337 g/mol. The normalized spacial score (nSPS) is 21.0. The third kappa shape index (κ3) is 3.21. The van der Waals surface area contributed by atoms with Crippen LogP contribution in [0, 0.1) is 6.92 Å². The number of hydrogen-bond donors (Lipinski definition) is 1. The summed E-state index contributed by atoms with van der Waals surface area (Å²) in [6.07, 6.45) is 1.76. The Bertz CT molecular complexity index is 896. The molecule has 5 nitrogen and oxygen atoms in total. The number of piperidine rings is 1. The molecule has 0 aliphatic carbocycles. The van der Waals surface area contributed by atoms with Crippen LogP contribution in [0.5, 0.6) is 0 Å². The lowest BCUT2D eigenvalue weighted by molar-refractivity contribution is 0.227. The number of anilines is 1. The average Bonchev–Trinajstić information content (AvgIpc) is 3.07. The number of nitrogens with one attached hydrogen (secondary N) is 1. The molecule has 2 atom stereocenters. The highest BCUT2D eigenvalue weighted by molar-refractivity contribution is 7.14. The first-order chi connectivity index (χ1) is 12.1. The van der Waals surface area contributed by atoms with Gasteiger partial charge in [0.15, 0.2) is 0 Å². The Kier molecular flexibility index (Phi) is 4.35. The molecule has 4 rings (SSSR count). The van der Waals surface area contributed by atoms with E-state index >= 15 is 0 Å². The maximum absolute atomic E-state index is 14.2. The third-order valence-electron chi connectivity index (χ3n) is 4.72. The zero-order valence-electron chi connectivity index (χ0n) is 14.2. The number of alkyl halides is 1. The first-order valence-corrected chi connectivity index (χ1v) is 9.22. The van der Waals surface area contributed by atoms with E-state index < -0.39 is 6.17 Å². The zero-order valence-corrected chi connectivity index (χ0v) is 15.1. The van der Waals surface area contributed by atoms with Crippen LogP contribution >= 0.6 is 11.3 Å². The maximum atomic E-state index is 14.2. The Morgan fingerprint density at radius 3 is 2.84 bits per heavy atom. The van der Waals surface area contributed by atoms with E-state index in [0.29, 0.717) is 6.54 Å². The van der Waals surface area contributed by atoms with Gasteiger partial charge >= 0.3 is 0 Å². The summed E-state index contributed by atoms with van der Waals surface area (Å²) in [4.78, 5) is 6.56. The van der Waals surface area contributed by atoms with Crippen LogP contribution in [0.15, 0.2) is 30.5 Å². The molecule has 0 spiro atoms. The van der Waals surface area contributed by atoms with Gasteiger partial charge in [-0.15, -0.1) is 10.2 Å². The molecule has 1 saturated heterocycles. The summed E-state index contributed by atoms with van der Waals surface area (Å²) in [5, 5.41) is 15.4. The predicted molar refractivity (Wildman–Crippen MR) is 100.0 cm³/mol. The number of pyridine rings is 1. The van der Waals surface area contributed by atoms with Crippen LogP contribution in [0.3, 0.4) is 0 Å². The molecule has 0 unspecified atom stereocenters. The summed E-state index contributed by atoms with van der Waals surface area (Å²) in [7, 11) is 1.82. The molecule has 130 valence electrons. The van der Waals surface area contributed by atoms with Crippen molar-refractivity contribution in [3.05, 3.63) is 35.5 Å². The lowest BCUT2D eigenvalue weighted by Gasteiger charge is -2.35. The molecule has 1 aromatic carbocycles. The first-order valence-electron chi connectivity index (χ1n) is 8.40. The second-order valence-electron chi connectivity index (χ2n) is 6.38. The molecule has 1 aliphatic heterocycles. The number of aryl methyl sites for hydroxylation is 1. The molecule has 1 N–H and O–H groups in total. The summed E-state index contributed by atoms with van der Waals surface area (Å²) >= 11 is 1.58. The lowest BCUT2D eigenvalue weighted by Crippen LogP contribution is -2.50. The molecule has 1 fully saturated rings. The SMILES string of the molecule is CN[C@H]1CCN(c2cc3cc(-c4nnc(C)s4)ccc3cn2)C[C@@H]1F. The molecule has 1 aliphatic rings. The van der Waals surface area contributed by atoms with E-state index in [1.54, 1.807) is 11.3 Å². The zero-order chi connectivity index (χ0) is 17.4. The number of nitrogens with zero attached hydrogens (tertiary/aromatic N) is 4. The molecular formula is C18H20FN5S. The van der Waals surface area contributed by atoms with Crippen LogP contribution in [0.1, 0.15) is 11.4 Å². The van der Waals surface area contributed by atoms with E-state index in [2.05, 4.69) is 26.6 Å². The second-order valence-corrected chi connectivity index (χ2v) is 7.56. The number of rotatable bonds is 3. The Hall–Kier alpha value is -2.12. The number of halogens is 1. The standard InChI is InChI=1S/C18H20FN5S/c1-11-22-23-18(25-11)12-3-4-13-9-21-17(8-14(13)7-12)24-6-5-16(20-2)15(19)10-24/h3-4,7-9,15-16,20H,5-6,10H2,1-2H3/t15-,16-/m0/s1. The molecule has 0 saturated carbocycles. The van der Waals surface area contributed by atoms with Gasteiger partial charge in [0.05, 0.1) is 6.54 Å². The van der Waals surface area contributed by atoms with Crippen molar-refractivity contribution in [2.75, 3.05) is 25.0 Å². The quantitative estimate of drug-likeness (QED) is 0.780. The summed E-state index contributed by atoms with van der Waals surface area (Å²) < 4.78 is 14.2. The molecule has 0 amide bonds. The van der Waals surface area contributed by atoms with Gasteiger partial charge in [-0.1, -0.05) is 23.5 Å². The van der Waals surface area contributed by atoms with E-state index in [4.69, 9.17) is 0 Å². The van der Waals surface area contributed by atoms with Gasteiger partial charge in [-0.3, -0.25) is 0 Å². The van der Waals surface area contributed by atoms with Crippen molar-refractivity contribution in [2.24, 2.45) is 0 Å². The largest absolute Gasteiger partial charge is 0.354 e. The van der Waals surface area contributed by atoms with Crippen LogP contribution in [0.4, 0.5) is 10.2 Å². The van der Waals surface area contributed by atoms with Crippen LogP contribution in [0.2, 0.25) is 0 Å². The van der Waals surface area contributed by atoms with Crippen molar-refractivity contribution in [1.82, 2.24) is 20.5 Å². The van der Waals surface area contributed by atoms with Gasteiger partial charge in [0.2, 0.25) is 0 Å². The molecule has 3 heterocycles. The molecule has 2 aromatic heterocycles. The fraction of sp³-hybridized carbons (Fsp3) is 0.389. The second kappa shape index (κ2) is 6.65. The number of fused-ring (bicyclic) bond motifs is 1. The van der Waals surface area contributed by atoms with Gasteiger partial charge in [-0.2, -0.15) is 0 Å². The van der Waals surface area contributed by atoms with Gasteiger partial charge < -0.3 is 10.2 Å². The lowest BCUT2D eigenvalue weighted by atomic mass is 10.0. The minimum absolute atomic E-state index is 0.0658. The van der Waals surface area contributed by atoms with Crippen LogP contribution in [-0.4, -0.2) is 47.5 Å².